The summed E-state index contributed by atoms with van der Waals surface area (Å²) in [7, 11) is 0. The van der Waals surface area contributed by atoms with Crippen LogP contribution in [0.2, 0.25) is 0 Å². The Balaban J connectivity index is 2.47. The molecule has 2 N–H and O–H groups in total. The van der Waals surface area contributed by atoms with Crippen LogP contribution in [0.1, 0.15) is 19.4 Å². The van der Waals surface area contributed by atoms with Crippen molar-refractivity contribution >= 4 is 16.7 Å². The molecule has 3 heteroatoms. The number of aromatic nitrogens is 1. The van der Waals surface area contributed by atoms with Crippen LogP contribution in [-0.2, 0) is 6.54 Å². The quantitative estimate of drug-likeness (QED) is 0.876. The molecule has 3 nitrogen and oxygen atoms in total. The summed E-state index contributed by atoms with van der Waals surface area (Å²) in [4.78, 5) is 6.94. The van der Waals surface area contributed by atoms with Crippen LogP contribution in [-0.4, -0.2) is 18.1 Å². The van der Waals surface area contributed by atoms with Gasteiger partial charge in [-0.1, -0.05) is 12.1 Å². The van der Waals surface area contributed by atoms with Crippen molar-refractivity contribution < 1.29 is 0 Å². The molecule has 1 aromatic heterocycles. The maximum Gasteiger partial charge on any atom is 0.129 e. The number of fused-ring (bicyclic) bond motifs is 1. The van der Waals surface area contributed by atoms with Gasteiger partial charge >= 0.3 is 0 Å². The molecule has 0 aliphatic heterocycles. The number of nitrogens with two attached hydrogens (primary N) is 1. The van der Waals surface area contributed by atoms with Gasteiger partial charge in [0.1, 0.15) is 5.82 Å². The molecule has 0 fully saturated rings. The van der Waals surface area contributed by atoms with E-state index in [1.807, 2.05) is 0 Å². The number of hydrogen-bond acceptors (Lipinski definition) is 3. The van der Waals surface area contributed by atoms with Crippen LogP contribution in [0, 0.1) is 0 Å². The van der Waals surface area contributed by atoms with Gasteiger partial charge in [-0.15, -0.1) is 0 Å². The molecular formula is C14H19N3. The Morgan fingerprint density at radius 3 is 2.47 bits per heavy atom. The van der Waals surface area contributed by atoms with Crippen molar-refractivity contribution in [3.63, 3.8) is 0 Å². The largest absolute Gasteiger partial charge is 0.357 e. The molecular weight excluding hydrogens is 210 g/mol. The third-order valence-electron chi connectivity index (χ3n) is 3.06. The van der Waals surface area contributed by atoms with Gasteiger partial charge < -0.3 is 10.6 Å². The summed E-state index contributed by atoms with van der Waals surface area (Å²) in [6.07, 6.45) is 0. The molecule has 1 aromatic carbocycles. The lowest BCUT2D eigenvalue weighted by Gasteiger charge is -2.20. The van der Waals surface area contributed by atoms with E-state index in [4.69, 9.17) is 10.7 Å². The van der Waals surface area contributed by atoms with Gasteiger partial charge in [-0.3, -0.25) is 0 Å². The van der Waals surface area contributed by atoms with Crippen molar-refractivity contribution in [3.8, 4) is 0 Å². The van der Waals surface area contributed by atoms with E-state index in [2.05, 4.69) is 49.1 Å². The second-order valence-electron chi connectivity index (χ2n) is 4.07. The standard InChI is InChI=1S/C14H19N3/c1-3-17(4-2)14-8-7-12-6-5-11(10-15)9-13(12)16-14/h5-9H,3-4,10,15H2,1-2H3. The van der Waals surface area contributed by atoms with Crippen LogP contribution in [0.3, 0.4) is 0 Å². The monoisotopic (exact) mass is 229 g/mol. The fourth-order valence-electron chi connectivity index (χ4n) is 2.00. The molecule has 0 radical (unpaired) electrons. The van der Waals surface area contributed by atoms with Gasteiger partial charge in [0.05, 0.1) is 5.52 Å². The number of nitrogens with zero attached hydrogens (tertiary/aromatic N) is 2. The zero-order chi connectivity index (χ0) is 12.3. The number of hydrogen-bond donors (Lipinski definition) is 1. The molecule has 17 heavy (non-hydrogen) atoms. The number of benzene rings is 1. The third-order valence-corrected chi connectivity index (χ3v) is 3.06. The Bertz CT molecular complexity index is 504. The Kier molecular flexibility index (Phi) is 3.59. The van der Waals surface area contributed by atoms with Gasteiger partial charge in [-0.25, -0.2) is 4.98 Å². The van der Waals surface area contributed by atoms with Crippen molar-refractivity contribution in [1.82, 2.24) is 4.98 Å². The van der Waals surface area contributed by atoms with Gasteiger partial charge in [-0.2, -0.15) is 0 Å². The zero-order valence-corrected chi connectivity index (χ0v) is 10.5. The molecule has 0 unspecified atom stereocenters. The summed E-state index contributed by atoms with van der Waals surface area (Å²) in [5, 5.41) is 1.16. The lowest BCUT2D eigenvalue weighted by molar-refractivity contribution is 0.849. The molecule has 0 bridgehead atoms. The Morgan fingerprint density at radius 2 is 1.82 bits per heavy atom. The molecule has 0 amide bonds. The fourth-order valence-corrected chi connectivity index (χ4v) is 2.00. The summed E-state index contributed by atoms with van der Waals surface area (Å²) >= 11 is 0. The van der Waals surface area contributed by atoms with E-state index in [1.54, 1.807) is 0 Å². The van der Waals surface area contributed by atoms with Crippen molar-refractivity contribution in [3.05, 3.63) is 35.9 Å². The van der Waals surface area contributed by atoms with E-state index in [1.165, 1.54) is 0 Å². The minimum Gasteiger partial charge on any atom is -0.357 e. The highest BCUT2D eigenvalue weighted by Gasteiger charge is 2.04. The smallest absolute Gasteiger partial charge is 0.129 e. The van der Waals surface area contributed by atoms with E-state index in [0.29, 0.717) is 6.54 Å². The maximum atomic E-state index is 5.65. The fraction of sp³-hybridized carbons (Fsp3) is 0.357. The molecule has 0 spiro atoms. The number of pyridine rings is 1. The maximum absolute atomic E-state index is 5.65. The molecule has 0 saturated heterocycles. The first kappa shape index (κ1) is 11.9. The first-order chi connectivity index (χ1) is 8.28. The van der Waals surface area contributed by atoms with E-state index in [0.717, 1.165) is 35.4 Å². The normalized spacial score (nSPS) is 10.8. The van der Waals surface area contributed by atoms with Gasteiger partial charge in [0, 0.05) is 25.0 Å². The Morgan fingerprint density at radius 1 is 1.12 bits per heavy atom. The minimum atomic E-state index is 0.563. The lowest BCUT2D eigenvalue weighted by atomic mass is 10.1. The van der Waals surface area contributed by atoms with Crippen LogP contribution >= 0.6 is 0 Å². The summed E-state index contributed by atoms with van der Waals surface area (Å²) in [6, 6.07) is 10.4. The summed E-state index contributed by atoms with van der Waals surface area (Å²) in [6.45, 7) is 6.81. The van der Waals surface area contributed by atoms with Gasteiger partial charge in [0.2, 0.25) is 0 Å². The summed E-state index contributed by atoms with van der Waals surface area (Å²) < 4.78 is 0. The predicted octanol–water partition coefficient (Wildman–Crippen LogP) is 2.54. The van der Waals surface area contributed by atoms with Crippen LogP contribution in [0.4, 0.5) is 5.82 Å². The van der Waals surface area contributed by atoms with Crippen LogP contribution < -0.4 is 10.6 Å². The molecule has 2 rings (SSSR count). The van der Waals surface area contributed by atoms with Gasteiger partial charge in [0.25, 0.3) is 0 Å². The first-order valence-corrected chi connectivity index (χ1v) is 6.13. The van der Waals surface area contributed by atoms with Crippen molar-refractivity contribution in [2.45, 2.75) is 20.4 Å². The average Bonchev–Trinajstić information content (AvgIpc) is 2.39. The number of rotatable bonds is 4. The van der Waals surface area contributed by atoms with Crippen molar-refractivity contribution in [1.29, 1.82) is 0 Å². The number of anilines is 1. The predicted molar refractivity (Wildman–Crippen MR) is 73.2 cm³/mol. The third kappa shape index (κ3) is 2.39. The van der Waals surface area contributed by atoms with E-state index in [-0.39, 0.29) is 0 Å². The summed E-state index contributed by atoms with van der Waals surface area (Å²) in [5.41, 5.74) is 7.80. The summed E-state index contributed by atoms with van der Waals surface area (Å²) in [5.74, 6) is 1.04. The molecule has 2 aromatic rings. The molecule has 90 valence electrons. The molecule has 0 aliphatic carbocycles. The topological polar surface area (TPSA) is 42.1 Å². The molecule has 0 atom stereocenters. The van der Waals surface area contributed by atoms with Crippen LogP contribution in [0.5, 0.6) is 0 Å². The van der Waals surface area contributed by atoms with E-state index >= 15 is 0 Å². The van der Waals surface area contributed by atoms with Crippen molar-refractivity contribution in [2.75, 3.05) is 18.0 Å². The van der Waals surface area contributed by atoms with Crippen LogP contribution in [0.25, 0.3) is 10.9 Å². The second-order valence-corrected chi connectivity index (χ2v) is 4.07. The Hall–Kier alpha value is -1.61. The Labute approximate surface area is 102 Å². The highest BCUT2D eigenvalue weighted by atomic mass is 15.2. The minimum absolute atomic E-state index is 0.563. The van der Waals surface area contributed by atoms with E-state index in [9.17, 15) is 0 Å². The highest BCUT2D eigenvalue weighted by molar-refractivity contribution is 5.81. The van der Waals surface area contributed by atoms with Gasteiger partial charge in [0.15, 0.2) is 0 Å². The van der Waals surface area contributed by atoms with Crippen molar-refractivity contribution in [2.24, 2.45) is 5.73 Å². The highest BCUT2D eigenvalue weighted by Crippen LogP contribution is 2.19. The molecule has 0 saturated carbocycles. The average molecular weight is 229 g/mol. The van der Waals surface area contributed by atoms with E-state index < -0.39 is 0 Å². The lowest BCUT2D eigenvalue weighted by Crippen LogP contribution is -2.22. The zero-order valence-electron chi connectivity index (χ0n) is 10.5. The first-order valence-electron chi connectivity index (χ1n) is 6.13. The van der Waals surface area contributed by atoms with Gasteiger partial charge in [-0.05, 0) is 37.6 Å². The molecule has 1 heterocycles. The second kappa shape index (κ2) is 5.15. The van der Waals surface area contributed by atoms with Crippen LogP contribution in [0.15, 0.2) is 30.3 Å². The molecule has 0 aliphatic rings. The SMILES string of the molecule is CCN(CC)c1ccc2ccc(CN)cc2n1.